The summed E-state index contributed by atoms with van der Waals surface area (Å²) in [7, 11) is 4.09. The van der Waals surface area contributed by atoms with E-state index in [9.17, 15) is 4.79 Å². The number of likely N-dealkylation sites (N-methyl/N-ethyl adjacent to an activating group) is 1. The van der Waals surface area contributed by atoms with E-state index in [1.165, 1.54) is 0 Å². The number of nitrogens with zero attached hydrogens (tertiary/aromatic N) is 2. The molecule has 4 heteroatoms. The van der Waals surface area contributed by atoms with Gasteiger partial charge in [0.1, 0.15) is 0 Å². The Balaban J connectivity index is 4.12. The first-order chi connectivity index (χ1) is 7.47. The molecule has 0 aromatic rings. The fraction of sp³-hybridized carbons (Fsp3) is 0.750. The minimum absolute atomic E-state index is 0.422. The number of hydrogen-bond donors (Lipinski definition) is 1. The fourth-order valence-corrected chi connectivity index (χ4v) is 1.31. The van der Waals surface area contributed by atoms with Crippen LogP contribution in [0, 0.1) is 0 Å². The van der Waals surface area contributed by atoms with Crippen molar-refractivity contribution in [2.75, 3.05) is 40.3 Å². The van der Waals surface area contributed by atoms with Crippen LogP contribution in [-0.2, 0) is 4.79 Å². The topological polar surface area (TPSA) is 43.8 Å². The summed E-state index contributed by atoms with van der Waals surface area (Å²) in [4.78, 5) is 15.0. The molecule has 0 spiro atoms. The van der Waals surface area contributed by atoms with Crippen molar-refractivity contribution < 1.29 is 9.90 Å². The van der Waals surface area contributed by atoms with Crippen molar-refractivity contribution in [3.8, 4) is 0 Å². The van der Waals surface area contributed by atoms with Crippen LogP contribution < -0.4 is 0 Å². The molecule has 0 aromatic heterocycles. The van der Waals surface area contributed by atoms with Crippen LogP contribution in [0.2, 0.25) is 0 Å². The van der Waals surface area contributed by atoms with Crippen LogP contribution in [0.15, 0.2) is 11.6 Å². The van der Waals surface area contributed by atoms with Gasteiger partial charge in [0.15, 0.2) is 0 Å². The molecule has 0 bridgehead atoms. The molecule has 0 saturated heterocycles. The lowest BCUT2D eigenvalue weighted by atomic mass is 10.2. The average molecular weight is 228 g/mol. The van der Waals surface area contributed by atoms with Gasteiger partial charge in [-0.2, -0.15) is 0 Å². The molecule has 94 valence electrons. The van der Waals surface area contributed by atoms with Crippen molar-refractivity contribution >= 4 is 5.97 Å². The first-order valence-electron chi connectivity index (χ1n) is 5.74. The maximum absolute atomic E-state index is 10.6. The van der Waals surface area contributed by atoms with E-state index in [0.29, 0.717) is 5.57 Å². The molecule has 0 aliphatic heterocycles. The largest absolute Gasteiger partial charge is 0.478 e. The second kappa shape index (κ2) is 8.30. The van der Waals surface area contributed by atoms with Crippen LogP contribution >= 0.6 is 0 Å². The van der Waals surface area contributed by atoms with E-state index in [1.807, 2.05) is 14.1 Å². The molecule has 0 atom stereocenters. The number of carboxylic acids is 1. The Hall–Kier alpha value is -0.870. The van der Waals surface area contributed by atoms with Gasteiger partial charge in [0.2, 0.25) is 0 Å². The first kappa shape index (κ1) is 15.1. The Kier molecular flexibility index (Phi) is 7.85. The quantitative estimate of drug-likeness (QED) is 0.636. The van der Waals surface area contributed by atoms with E-state index in [-0.39, 0.29) is 0 Å². The van der Waals surface area contributed by atoms with Gasteiger partial charge in [-0.1, -0.05) is 13.0 Å². The van der Waals surface area contributed by atoms with Gasteiger partial charge >= 0.3 is 5.97 Å². The number of hydrogen-bond acceptors (Lipinski definition) is 3. The summed E-state index contributed by atoms with van der Waals surface area (Å²) in [5, 5.41) is 8.75. The summed E-state index contributed by atoms with van der Waals surface area (Å²) in [6, 6.07) is 0. The lowest BCUT2D eigenvalue weighted by Gasteiger charge is -2.22. The molecule has 0 heterocycles. The molecule has 0 aromatic carbocycles. The highest BCUT2D eigenvalue weighted by Gasteiger charge is 2.04. The van der Waals surface area contributed by atoms with Crippen LogP contribution in [0.25, 0.3) is 0 Å². The number of carbonyl (C=O) groups is 1. The Labute approximate surface area is 98.5 Å². The molecule has 0 amide bonds. The molecule has 0 saturated carbocycles. The Morgan fingerprint density at radius 1 is 1.25 bits per heavy atom. The van der Waals surface area contributed by atoms with Crippen molar-refractivity contribution in [3.63, 3.8) is 0 Å². The van der Waals surface area contributed by atoms with E-state index in [4.69, 9.17) is 5.11 Å². The molecule has 4 nitrogen and oxygen atoms in total. The van der Waals surface area contributed by atoms with Crippen molar-refractivity contribution in [2.24, 2.45) is 0 Å². The molecule has 0 rings (SSSR count). The Morgan fingerprint density at radius 2 is 1.88 bits per heavy atom. The van der Waals surface area contributed by atoms with Gasteiger partial charge in [0, 0.05) is 25.2 Å². The maximum atomic E-state index is 10.6. The lowest BCUT2D eigenvalue weighted by Crippen LogP contribution is -2.32. The normalized spacial score (nSPS) is 12.5. The van der Waals surface area contributed by atoms with E-state index in [0.717, 1.165) is 32.6 Å². The zero-order valence-electron chi connectivity index (χ0n) is 10.9. The lowest BCUT2D eigenvalue weighted by molar-refractivity contribution is -0.132. The zero-order chi connectivity index (χ0) is 12.6. The van der Waals surface area contributed by atoms with Crippen LogP contribution in [0.1, 0.15) is 20.3 Å². The summed E-state index contributed by atoms with van der Waals surface area (Å²) >= 11 is 0. The second-order valence-electron chi connectivity index (χ2n) is 4.30. The van der Waals surface area contributed by atoms with Gasteiger partial charge < -0.3 is 10.0 Å². The summed E-state index contributed by atoms with van der Waals surface area (Å²) in [6.45, 7) is 7.48. The van der Waals surface area contributed by atoms with Gasteiger partial charge in [0.05, 0.1) is 0 Å². The second-order valence-corrected chi connectivity index (χ2v) is 4.30. The summed E-state index contributed by atoms with van der Waals surface area (Å²) in [5.74, 6) is -0.830. The highest BCUT2D eigenvalue weighted by Crippen LogP contribution is 1.97. The third kappa shape index (κ3) is 7.43. The van der Waals surface area contributed by atoms with Gasteiger partial charge in [0.25, 0.3) is 0 Å². The van der Waals surface area contributed by atoms with Crippen LogP contribution in [0.5, 0.6) is 0 Å². The molecule has 0 aliphatic rings. The van der Waals surface area contributed by atoms with Crippen molar-refractivity contribution in [1.29, 1.82) is 0 Å². The number of carboxylic acid groups (broad SMARTS) is 1. The molecule has 16 heavy (non-hydrogen) atoms. The van der Waals surface area contributed by atoms with Crippen LogP contribution in [0.4, 0.5) is 0 Å². The smallest absolute Gasteiger partial charge is 0.330 e. The minimum atomic E-state index is -0.830. The predicted molar refractivity (Wildman–Crippen MR) is 66.7 cm³/mol. The molecule has 0 radical (unpaired) electrons. The fourth-order valence-electron chi connectivity index (χ4n) is 1.31. The first-order valence-corrected chi connectivity index (χ1v) is 5.74. The number of rotatable bonds is 8. The van der Waals surface area contributed by atoms with Gasteiger partial charge in [-0.15, -0.1) is 0 Å². The zero-order valence-corrected chi connectivity index (χ0v) is 10.9. The summed E-state index contributed by atoms with van der Waals surface area (Å²) < 4.78 is 0. The summed E-state index contributed by atoms with van der Waals surface area (Å²) in [5.41, 5.74) is 0.422. The van der Waals surface area contributed by atoms with Gasteiger partial charge in [-0.25, -0.2) is 4.79 Å². The molecule has 0 unspecified atom stereocenters. The SMILES string of the molecule is CCCN(CC=C(C)C(=O)O)CCN(C)C. The monoisotopic (exact) mass is 228 g/mol. The third-order valence-corrected chi connectivity index (χ3v) is 2.40. The standard InChI is InChI=1S/C12H24N2O2/c1-5-7-14(10-9-13(3)4)8-6-11(2)12(15)16/h6H,5,7-10H2,1-4H3,(H,15,16). The maximum Gasteiger partial charge on any atom is 0.330 e. The minimum Gasteiger partial charge on any atom is -0.478 e. The Morgan fingerprint density at radius 3 is 2.31 bits per heavy atom. The average Bonchev–Trinajstić information content (AvgIpc) is 2.21. The molecular weight excluding hydrogens is 204 g/mol. The number of aliphatic carboxylic acids is 1. The highest BCUT2D eigenvalue weighted by atomic mass is 16.4. The summed E-state index contributed by atoms with van der Waals surface area (Å²) in [6.07, 6.45) is 2.88. The predicted octanol–water partition coefficient (Wildman–Crippen LogP) is 1.29. The van der Waals surface area contributed by atoms with E-state index in [2.05, 4.69) is 16.7 Å². The van der Waals surface area contributed by atoms with Gasteiger partial charge in [-0.05, 0) is 34.0 Å². The van der Waals surface area contributed by atoms with Crippen LogP contribution in [0.3, 0.4) is 0 Å². The molecule has 0 fully saturated rings. The van der Waals surface area contributed by atoms with E-state index >= 15 is 0 Å². The molecule has 0 aliphatic carbocycles. The third-order valence-electron chi connectivity index (χ3n) is 2.40. The van der Waals surface area contributed by atoms with Crippen molar-refractivity contribution in [3.05, 3.63) is 11.6 Å². The van der Waals surface area contributed by atoms with E-state index < -0.39 is 5.97 Å². The van der Waals surface area contributed by atoms with E-state index in [1.54, 1.807) is 13.0 Å². The van der Waals surface area contributed by atoms with Crippen LogP contribution in [-0.4, -0.2) is 61.2 Å². The molecule has 1 N–H and O–H groups in total. The van der Waals surface area contributed by atoms with Crippen molar-refractivity contribution in [2.45, 2.75) is 20.3 Å². The van der Waals surface area contributed by atoms with Crippen molar-refractivity contribution in [1.82, 2.24) is 9.80 Å². The highest BCUT2D eigenvalue weighted by molar-refractivity contribution is 5.85. The van der Waals surface area contributed by atoms with Gasteiger partial charge in [-0.3, -0.25) is 4.90 Å². The Bertz CT molecular complexity index is 237. The molecular formula is C12H24N2O2.